The summed E-state index contributed by atoms with van der Waals surface area (Å²) in [5.74, 6) is 0. The molecule has 0 heterocycles. The molecule has 0 aliphatic rings. The summed E-state index contributed by atoms with van der Waals surface area (Å²) in [6.07, 6.45) is 0.960. The van der Waals surface area contributed by atoms with Crippen LogP contribution in [0.25, 0.3) is 0 Å². The van der Waals surface area contributed by atoms with Crippen molar-refractivity contribution in [3.05, 3.63) is 69.7 Å². The van der Waals surface area contributed by atoms with Crippen LogP contribution in [0.5, 0.6) is 0 Å². The van der Waals surface area contributed by atoms with E-state index in [0.717, 1.165) is 17.5 Å². The third-order valence-electron chi connectivity index (χ3n) is 3.03. The number of alkyl halides is 1. The molecule has 0 aliphatic heterocycles. The quantitative estimate of drug-likeness (QED) is 0.651. The SMILES string of the molecule is COCCc1ccc(C(Br)c2ccc(Br)cc2)cc1. The van der Waals surface area contributed by atoms with Crippen LogP contribution in [-0.2, 0) is 11.2 Å². The summed E-state index contributed by atoms with van der Waals surface area (Å²) in [7, 11) is 1.73. The molecule has 0 amide bonds. The van der Waals surface area contributed by atoms with Crippen LogP contribution in [-0.4, -0.2) is 13.7 Å². The average molecular weight is 384 g/mol. The Hall–Kier alpha value is -0.640. The van der Waals surface area contributed by atoms with E-state index in [1.807, 2.05) is 0 Å². The van der Waals surface area contributed by atoms with Gasteiger partial charge in [0.2, 0.25) is 0 Å². The first-order chi connectivity index (χ1) is 9.20. The molecule has 1 nitrogen and oxygen atoms in total. The normalized spacial score (nSPS) is 12.4. The summed E-state index contributed by atoms with van der Waals surface area (Å²) >= 11 is 7.21. The fourth-order valence-corrected chi connectivity index (χ4v) is 2.77. The van der Waals surface area contributed by atoms with Crippen molar-refractivity contribution in [2.75, 3.05) is 13.7 Å². The van der Waals surface area contributed by atoms with Crippen molar-refractivity contribution in [3.8, 4) is 0 Å². The topological polar surface area (TPSA) is 9.23 Å². The third kappa shape index (κ3) is 4.16. The van der Waals surface area contributed by atoms with E-state index in [1.165, 1.54) is 16.7 Å². The van der Waals surface area contributed by atoms with Crippen LogP contribution < -0.4 is 0 Å². The molecule has 100 valence electrons. The number of methoxy groups -OCH3 is 1. The van der Waals surface area contributed by atoms with Crippen LogP contribution in [0.2, 0.25) is 0 Å². The second-order valence-electron chi connectivity index (χ2n) is 4.40. The van der Waals surface area contributed by atoms with Crippen LogP contribution >= 0.6 is 31.9 Å². The van der Waals surface area contributed by atoms with Gasteiger partial charge >= 0.3 is 0 Å². The maximum Gasteiger partial charge on any atom is 0.0644 e. The lowest BCUT2D eigenvalue weighted by atomic mass is 10.0. The Morgan fingerprint density at radius 2 is 1.47 bits per heavy atom. The first kappa shape index (κ1) is 14.8. The monoisotopic (exact) mass is 382 g/mol. The largest absolute Gasteiger partial charge is 0.384 e. The molecule has 0 bridgehead atoms. The number of hydrogen-bond donors (Lipinski definition) is 0. The summed E-state index contributed by atoms with van der Waals surface area (Å²) in [5, 5.41) is 0. The van der Waals surface area contributed by atoms with Crippen LogP contribution in [0.4, 0.5) is 0 Å². The van der Waals surface area contributed by atoms with Crippen molar-refractivity contribution in [1.29, 1.82) is 0 Å². The highest BCUT2D eigenvalue weighted by Crippen LogP contribution is 2.31. The van der Waals surface area contributed by atoms with Crippen LogP contribution in [0.3, 0.4) is 0 Å². The molecular weight excluding hydrogens is 368 g/mol. The van der Waals surface area contributed by atoms with Gasteiger partial charge in [-0.2, -0.15) is 0 Å². The number of ether oxygens (including phenoxy) is 1. The molecule has 0 radical (unpaired) electrons. The first-order valence-corrected chi connectivity index (χ1v) is 7.89. The zero-order valence-electron chi connectivity index (χ0n) is 10.8. The molecule has 2 aromatic rings. The summed E-state index contributed by atoms with van der Waals surface area (Å²) < 4.78 is 6.19. The van der Waals surface area contributed by atoms with E-state index in [-0.39, 0.29) is 4.83 Å². The zero-order valence-corrected chi connectivity index (χ0v) is 13.9. The molecule has 0 saturated heterocycles. The second kappa shape index (κ2) is 7.22. The molecule has 0 fully saturated rings. The molecule has 0 N–H and O–H groups in total. The zero-order chi connectivity index (χ0) is 13.7. The molecule has 2 rings (SSSR count). The fraction of sp³-hybridized carbons (Fsp3) is 0.250. The van der Waals surface area contributed by atoms with Gasteiger partial charge in [-0.25, -0.2) is 0 Å². The Morgan fingerprint density at radius 3 is 2.00 bits per heavy atom. The van der Waals surface area contributed by atoms with Gasteiger partial charge in [0.1, 0.15) is 0 Å². The highest BCUT2D eigenvalue weighted by atomic mass is 79.9. The molecule has 0 aromatic heterocycles. The van der Waals surface area contributed by atoms with Gasteiger partial charge < -0.3 is 4.74 Å². The highest BCUT2D eigenvalue weighted by molar-refractivity contribution is 9.10. The predicted molar refractivity (Wildman–Crippen MR) is 86.9 cm³/mol. The van der Waals surface area contributed by atoms with Crippen LogP contribution in [0.1, 0.15) is 21.5 Å². The van der Waals surface area contributed by atoms with E-state index in [1.54, 1.807) is 7.11 Å². The van der Waals surface area contributed by atoms with Crippen molar-refractivity contribution < 1.29 is 4.74 Å². The Labute approximate surface area is 131 Å². The van der Waals surface area contributed by atoms with Gasteiger partial charge in [-0.1, -0.05) is 68.3 Å². The summed E-state index contributed by atoms with van der Waals surface area (Å²) in [6, 6.07) is 17.1. The second-order valence-corrected chi connectivity index (χ2v) is 6.23. The lowest BCUT2D eigenvalue weighted by Gasteiger charge is -2.11. The molecule has 1 unspecified atom stereocenters. The molecule has 2 aromatic carbocycles. The predicted octanol–water partition coefficient (Wildman–Crippen LogP) is 5.12. The van der Waals surface area contributed by atoms with Gasteiger partial charge in [-0.05, 0) is 35.2 Å². The van der Waals surface area contributed by atoms with E-state index >= 15 is 0 Å². The summed E-state index contributed by atoms with van der Waals surface area (Å²) in [4.78, 5) is 0.233. The number of halogens is 2. The number of hydrogen-bond acceptors (Lipinski definition) is 1. The number of benzene rings is 2. The molecule has 0 saturated carbocycles. The van der Waals surface area contributed by atoms with Crippen LogP contribution in [0.15, 0.2) is 53.0 Å². The van der Waals surface area contributed by atoms with Crippen molar-refractivity contribution in [1.82, 2.24) is 0 Å². The van der Waals surface area contributed by atoms with E-state index in [4.69, 9.17) is 4.74 Å². The van der Waals surface area contributed by atoms with Gasteiger partial charge in [0, 0.05) is 11.6 Å². The van der Waals surface area contributed by atoms with Gasteiger partial charge in [0.25, 0.3) is 0 Å². The van der Waals surface area contributed by atoms with Crippen LogP contribution in [0, 0.1) is 0 Å². The summed E-state index contributed by atoms with van der Waals surface area (Å²) in [6.45, 7) is 0.768. The number of rotatable bonds is 5. The smallest absolute Gasteiger partial charge is 0.0644 e. The molecule has 19 heavy (non-hydrogen) atoms. The fourth-order valence-electron chi connectivity index (χ4n) is 1.90. The minimum absolute atomic E-state index is 0.233. The maximum atomic E-state index is 5.09. The van der Waals surface area contributed by atoms with E-state index in [9.17, 15) is 0 Å². The lowest BCUT2D eigenvalue weighted by molar-refractivity contribution is 0.202. The van der Waals surface area contributed by atoms with Crippen molar-refractivity contribution in [3.63, 3.8) is 0 Å². The molecule has 0 spiro atoms. The van der Waals surface area contributed by atoms with Gasteiger partial charge in [-0.3, -0.25) is 0 Å². The Morgan fingerprint density at radius 1 is 0.947 bits per heavy atom. The Kier molecular flexibility index (Phi) is 5.61. The van der Waals surface area contributed by atoms with E-state index < -0.39 is 0 Å². The highest BCUT2D eigenvalue weighted by Gasteiger charge is 2.09. The third-order valence-corrected chi connectivity index (χ3v) is 4.62. The van der Waals surface area contributed by atoms with Gasteiger partial charge in [-0.15, -0.1) is 0 Å². The minimum Gasteiger partial charge on any atom is -0.384 e. The minimum atomic E-state index is 0.233. The van der Waals surface area contributed by atoms with Crippen molar-refractivity contribution in [2.24, 2.45) is 0 Å². The van der Waals surface area contributed by atoms with E-state index in [0.29, 0.717) is 0 Å². The van der Waals surface area contributed by atoms with Gasteiger partial charge in [0.05, 0.1) is 11.4 Å². The Balaban J connectivity index is 2.10. The standard InChI is InChI=1S/C16H16Br2O/c1-19-11-10-12-2-4-13(5-3-12)16(18)14-6-8-15(17)9-7-14/h2-9,16H,10-11H2,1H3. The molecule has 1 atom stereocenters. The lowest BCUT2D eigenvalue weighted by Crippen LogP contribution is -1.96. The van der Waals surface area contributed by atoms with Crippen molar-refractivity contribution in [2.45, 2.75) is 11.2 Å². The summed E-state index contributed by atoms with van der Waals surface area (Å²) in [5.41, 5.74) is 3.83. The van der Waals surface area contributed by atoms with Crippen molar-refractivity contribution >= 4 is 31.9 Å². The molecular formula is C16H16Br2O. The van der Waals surface area contributed by atoms with Gasteiger partial charge in [0.15, 0.2) is 0 Å². The first-order valence-electron chi connectivity index (χ1n) is 6.18. The molecule has 0 aliphatic carbocycles. The Bertz CT molecular complexity index is 505. The molecule has 3 heteroatoms. The average Bonchev–Trinajstić information content (AvgIpc) is 2.46. The van der Waals surface area contributed by atoms with E-state index in [2.05, 4.69) is 80.4 Å². The maximum absolute atomic E-state index is 5.09.